The number of aromatic nitrogens is 3. The summed E-state index contributed by atoms with van der Waals surface area (Å²) in [5.41, 5.74) is 2.63. The van der Waals surface area contributed by atoms with Gasteiger partial charge in [-0.05, 0) is 78.9 Å². The van der Waals surface area contributed by atoms with Crippen LogP contribution in [0.25, 0.3) is 17.1 Å². The van der Waals surface area contributed by atoms with Crippen molar-refractivity contribution in [1.29, 1.82) is 0 Å². The summed E-state index contributed by atoms with van der Waals surface area (Å²) in [6.45, 7) is 0. The molecule has 0 radical (unpaired) electrons. The van der Waals surface area contributed by atoms with Crippen molar-refractivity contribution in [3.8, 4) is 17.1 Å². The van der Waals surface area contributed by atoms with E-state index in [1.165, 1.54) is 53.2 Å². The highest BCUT2D eigenvalue weighted by Gasteiger charge is 2.31. The molecule has 0 saturated heterocycles. The van der Waals surface area contributed by atoms with Crippen molar-refractivity contribution in [1.82, 2.24) is 25.0 Å². The molecule has 0 saturated carbocycles. The van der Waals surface area contributed by atoms with E-state index in [0.717, 1.165) is 12.1 Å². The predicted molar refractivity (Wildman–Crippen MR) is 151 cm³/mol. The van der Waals surface area contributed by atoms with Crippen LogP contribution in [0.3, 0.4) is 0 Å². The molecule has 0 spiro atoms. The number of carbonyl (C=O) groups excluding carboxylic acids is 1. The number of hydrogen-bond donors (Lipinski definition) is 3. The van der Waals surface area contributed by atoms with Crippen LogP contribution in [0.4, 0.5) is 24.8 Å². The van der Waals surface area contributed by atoms with Crippen molar-refractivity contribution >= 4 is 39.2 Å². The van der Waals surface area contributed by atoms with Crippen LogP contribution >= 0.6 is 11.6 Å². The van der Waals surface area contributed by atoms with Gasteiger partial charge in [-0.2, -0.15) is 18.2 Å². The van der Waals surface area contributed by atoms with E-state index in [2.05, 4.69) is 20.8 Å². The Hall–Kier alpha value is -4.72. The van der Waals surface area contributed by atoms with E-state index in [4.69, 9.17) is 11.6 Å². The first kappa shape index (κ1) is 28.8. The SMILES string of the molecule is O=C(NNS(=O)(=O)c1ccccc1)c1ccc(Nc2nc(-c3ccc(Cl)cc3)n(-c3cccc(C(F)(F)F)c3)n2)cc1. The molecule has 5 rings (SSSR count). The van der Waals surface area contributed by atoms with Crippen LogP contribution in [0, 0.1) is 0 Å². The van der Waals surface area contributed by atoms with Gasteiger partial charge in [0.05, 0.1) is 16.1 Å². The van der Waals surface area contributed by atoms with Crippen molar-refractivity contribution in [2.24, 2.45) is 0 Å². The Morgan fingerprint density at radius 1 is 0.857 bits per heavy atom. The summed E-state index contributed by atoms with van der Waals surface area (Å²) in [7, 11) is -3.96. The second kappa shape index (κ2) is 11.6. The van der Waals surface area contributed by atoms with Gasteiger partial charge in [0.25, 0.3) is 15.9 Å². The van der Waals surface area contributed by atoms with Gasteiger partial charge in [0, 0.05) is 21.8 Å². The molecule has 42 heavy (non-hydrogen) atoms. The zero-order valence-corrected chi connectivity index (χ0v) is 22.9. The van der Waals surface area contributed by atoms with E-state index in [0.29, 0.717) is 16.3 Å². The van der Waals surface area contributed by atoms with Crippen LogP contribution in [-0.4, -0.2) is 29.1 Å². The van der Waals surface area contributed by atoms with E-state index in [1.807, 2.05) is 4.83 Å². The van der Waals surface area contributed by atoms with Crippen molar-refractivity contribution < 1.29 is 26.4 Å². The Kier molecular flexibility index (Phi) is 7.98. The fourth-order valence-electron chi connectivity index (χ4n) is 3.82. The van der Waals surface area contributed by atoms with Gasteiger partial charge >= 0.3 is 6.18 Å². The topological polar surface area (TPSA) is 118 Å². The zero-order chi connectivity index (χ0) is 29.9. The van der Waals surface area contributed by atoms with Crippen molar-refractivity contribution in [3.05, 3.63) is 119 Å². The molecule has 0 aliphatic heterocycles. The number of benzene rings is 4. The average molecular weight is 613 g/mol. The van der Waals surface area contributed by atoms with Crippen LogP contribution in [0.1, 0.15) is 15.9 Å². The Morgan fingerprint density at radius 2 is 1.55 bits per heavy atom. The summed E-state index contributed by atoms with van der Waals surface area (Å²) in [6, 6.07) is 24.8. The largest absolute Gasteiger partial charge is 0.416 e. The van der Waals surface area contributed by atoms with Gasteiger partial charge in [0.1, 0.15) is 0 Å². The van der Waals surface area contributed by atoms with Crippen molar-refractivity contribution in [3.63, 3.8) is 0 Å². The molecular formula is C28H20ClF3N6O3S. The van der Waals surface area contributed by atoms with Gasteiger partial charge in [-0.25, -0.2) is 13.1 Å². The number of hydrazine groups is 1. The molecule has 0 fully saturated rings. The number of rotatable bonds is 8. The lowest BCUT2D eigenvalue weighted by Crippen LogP contribution is -2.41. The summed E-state index contributed by atoms with van der Waals surface area (Å²) in [5.74, 6) is -0.363. The lowest BCUT2D eigenvalue weighted by molar-refractivity contribution is -0.137. The molecule has 1 aromatic heterocycles. The summed E-state index contributed by atoms with van der Waals surface area (Å²) in [6.07, 6.45) is -4.55. The minimum absolute atomic E-state index is 0.0140. The Morgan fingerprint density at radius 3 is 2.21 bits per heavy atom. The van der Waals surface area contributed by atoms with E-state index >= 15 is 0 Å². The number of nitrogens with zero attached hydrogens (tertiary/aromatic N) is 3. The fraction of sp³-hybridized carbons (Fsp3) is 0.0357. The molecular weight excluding hydrogens is 593 g/mol. The second-order valence-electron chi connectivity index (χ2n) is 8.80. The molecule has 5 aromatic rings. The molecule has 0 aliphatic rings. The standard InChI is InChI=1S/C28H20ClF3N6O3S/c29-21-13-9-18(10-14-21)25-34-27(36-38(25)23-6-4-5-20(17-23)28(30,31)32)33-22-15-11-19(12-16-22)26(39)35-37-42(40,41)24-7-2-1-3-8-24/h1-17,37H,(H,33,36)(H,35,39). The van der Waals surface area contributed by atoms with Gasteiger partial charge < -0.3 is 5.32 Å². The molecule has 214 valence electrons. The maximum absolute atomic E-state index is 13.4. The Bertz CT molecular complexity index is 1830. The minimum Gasteiger partial charge on any atom is -0.323 e. The van der Waals surface area contributed by atoms with Crippen molar-refractivity contribution in [2.75, 3.05) is 5.32 Å². The molecule has 0 atom stereocenters. The lowest BCUT2D eigenvalue weighted by atomic mass is 10.2. The van der Waals surface area contributed by atoms with Crippen LogP contribution < -0.4 is 15.6 Å². The summed E-state index contributed by atoms with van der Waals surface area (Å²) in [4.78, 5) is 19.0. The van der Waals surface area contributed by atoms with Crippen LogP contribution in [0.15, 0.2) is 108 Å². The Balaban J connectivity index is 1.36. The monoisotopic (exact) mass is 612 g/mol. The highest BCUT2D eigenvalue weighted by atomic mass is 35.5. The maximum Gasteiger partial charge on any atom is 0.416 e. The quantitative estimate of drug-likeness (QED) is 0.186. The van der Waals surface area contributed by atoms with Gasteiger partial charge in [0.15, 0.2) is 5.82 Å². The van der Waals surface area contributed by atoms with Gasteiger partial charge in [-0.15, -0.1) is 9.93 Å². The van der Waals surface area contributed by atoms with Gasteiger partial charge in [-0.1, -0.05) is 35.9 Å². The smallest absolute Gasteiger partial charge is 0.323 e. The summed E-state index contributed by atoms with van der Waals surface area (Å²) in [5, 5.41) is 7.82. The number of sulfonamides is 1. The summed E-state index contributed by atoms with van der Waals surface area (Å²) < 4.78 is 66.1. The first-order valence-electron chi connectivity index (χ1n) is 12.1. The zero-order valence-electron chi connectivity index (χ0n) is 21.3. The molecule has 0 bridgehead atoms. The highest BCUT2D eigenvalue weighted by Crippen LogP contribution is 2.32. The number of anilines is 2. The fourth-order valence-corrected chi connectivity index (χ4v) is 4.81. The van der Waals surface area contributed by atoms with E-state index in [9.17, 15) is 26.4 Å². The molecule has 0 aliphatic carbocycles. The first-order chi connectivity index (χ1) is 20.0. The Labute approximate surface area is 243 Å². The molecule has 1 heterocycles. The predicted octanol–water partition coefficient (Wildman–Crippen LogP) is 5.97. The van der Waals surface area contributed by atoms with E-state index in [-0.39, 0.29) is 27.9 Å². The molecule has 4 aromatic carbocycles. The van der Waals surface area contributed by atoms with Crippen LogP contribution in [0.2, 0.25) is 5.02 Å². The van der Waals surface area contributed by atoms with Crippen LogP contribution in [0.5, 0.6) is 0 Å². The lowest BCUT2D eigenvalue weighted by Gasteiger charge is -2.10. The number of nitrogens with one attached hydrogen (secondary N) is 3. The van der Waals surface area contributed by atoms with E-state index in [1.54, 1.807) is 42.5 Å². The van der Waals surface area contributed by atoms with Crippen LogP contribution in [-0.2, 0) is 16.2 Å². The first-order valence-corrected chi connectivity index (χ1v) is 14.0. The highest BCUT2D eigenvalue weighted by molar-refractivity contribution is 7.89. The third kappa shape index (κ3) is 6.60. The van der Waals surface area contributed by atoms with Crippen molar-refractivity contribution in [2.45, 2.75) is 11.1 Å². The molecule has 3 N–H and O–H groups in total. The number of amides is 1. The average Bonchev–Trinajstić information content (AvgIpc) is 3.40. The minimum atomic E-state index is -4.55. The third-order valence-electron chi connectivity index (χ3n) is 5.88. The number of carbonyl (C=O) groups is 1. The molecule has 14 heteroatoms. The van der Waals surface area contributed by atoms with Gasteiger partial charge in [-0.3, -0.25) is 10.2 Å². The van der Waals surface area contributed by atoms with Gasteiger partial charge in [0.2, 0.25) is 5.95 Å². The third-order valence-corrected chi connectivity index (χ3v) is 7.40. The number of alkyl halides is 3. The molecule has 0 unspecified atom stereocenters. The molecule has 9 nitrogen and oxygen atoms in total. The second-order valence-corrected chi connectivity index (χ2v) is 10.9. The number of halogens is 4. The normalized spacial score (nSPS) is 11.7. The summed E-state index contributed by atoms with van der Waals surface area (Å²) >= 11 is 6.00. The maximum atomic E-state index is 13.4. The number of hydrogen-bond acceptors (Lipinski definition) is 6. The molecule has 1 amide bonds. The van der Waals surface area contributed by atoms with E-state index < -0.39 is 27.7 Å².